The van der Waals surface area contributed by atoms with Crippen LogP contribution in [0.25, 0.3) is 0 Å². The van der Waals surface area contributed by atoms with Crippen molar-refractivity contribution >= 4 is 11.8 Å². The molecule has 0 aromatic carbocycles. The van der Waals surface area contributed by atoms with E-state index in [0.717, 1.165) is 17.8 Å². The van der Waals surface area contributed by atoms with E-state index in [4.69, 9.17) is 0 Å². The Morgan fingerprint density at radius 1 is 1.29 bits per heavy atom. The van der Waals surface area contributed by atoms with Gasteiger partial charge in [-0.1, -0.05) is 13.0 Å². The third kappa shape index (κ3) is 3.15. The zero-order valence-electron chi connectivity index (χ0n) is 7.50. The van der Waals surface area contributed by atoms with Crippen LogP contribution in [-0.4, -0.2) is 17.9 Å². The first-order valence-electron chi connectivity index (χ1n) is 3.78. The van der Waals surface area contributed by atoms with Crippen molar-refractivity contribution in [3.63, 3.8) is 0 Å². The number of hydrogen-bond acceptors (Lipinski definition) is 1. The molecular formula is C8H10F5S. The van der Waals surface area contributed by atoms with Gasteiger partial charge in [0.25, 0.3) is 0 Å². The Labute approximate surface area is 83.6 Å². The van der Waals surface area contributed by atoms with Crippen molar-refractivity contribution in [3.05, 3.63) is 17.9 Å². The maximum atomic E-state index is 12.7. The fourth-order valence-corrected chi connectivity index (χ4v) is 1.16. The zero-order valence-corrected chi connectivity index (χ0v) is 8.31. The number of rotatable bonds is 4. The third-order valence-corrected chi connectivity index (χ3v) is 1.99. The van der Waals surface area contributed by atoms with E-state index in [1.165, 1.54) is 6.92 Å². The minimum atomic E-state index is -5.51. The van der Waals surface area contributed by atoms with Gasteiger partial charge in [0.1, 0.15) is 0 Å². The van der Waals surface area contributed by atoms with Crippen LogP contribution in [0, 0.1) is 6.26 Å². The molecule has 0 aliphatic rings. The van der Waals surface area contributed by atoms with E-state index >= 15 is 0 Å². The summed E-state index contributed by atoms with van der Waals surface area (Å²) >= 11 is 0.945. The first-order chi connectivity index (χ1) is 6.27. The molecule has 0 bridgehead atoms. The molecule has 0 aromatic heterocycles. The van der Waals surface area contributed by atoms with Crippen LogP contribution in [-0.2, 0) is 0 Å². The predicted octanol–water partition coefficient (Wildman–Crippen LogP) is 4.05. The molecule has 0 saturated carbocycles. The number of hydrogen-bond donors (Lipinski definition) is 0. The fraction of sp³-hybridized carbons (Fsp3) is 0.625. The highest BCUT2D eigenvalue weighted by Gasteiger charge is 2.59. The van der Waals surface area contributed by atoms with Crippen molar-refractivity contribution in [2.24, 2.45) is 0 Å². The topological polar surface area (TPSA) is 0 Å². The molecule has 14 heavy (non-hydrogen) atoms. The SMILES string of the molecule is [CH2]SC/C=C(\CC)C(F)(F)C(F)(F)F. The zero-order chi connectivity index (χ0) is 11.4. The molecule has 1 radical (unpaired) electrons. The highest BCUT2D eigenvalue weighted by atomic mass is 32.2. The van der Waals surface area contributed by atoms with Gasteiger partial charge in [0.2, 0.25) is 0 Å². The molecule has 0 heterocycles. The summed E-state index contributed by atoms with van der Waals surface area (Å²) in [4.78, 5) is 0. The average Bonchev–Trinajstić information content (AvgIpc) is 2.03. The highest BCUT2D eigenvalue weighted by molar-refractivity contribution is 8.00. The summed E-state index contributed by atoms with van der Waals surface area (Å²) in [5.74, 6) is -4.67. The summed E-state index contributed by atoms with van der Waals surface area (Å²) in [6.45, 7) is 1.26. The predicted molar refractivity (Wildman–Crippen MR) is 47.2 cm³/mol. The Hall–Kier alpha value is -0.260. The summed E-state index contributed by atoms with van der Waals surface area (Å²) in [6, 6.07) is 0. The van der Waals surface area contributed by atoms with Crippen LogP contribution in [0.3, 0.4) is 0 Å². The van der Waals surface area contributed by atoms with E-state index in [1.54, 1.807) is 0 Å². The lowest BCUT2D eigenvalue weighted by Gasteiger charge is -2.21. The minimum absolute atomic E-state index is 0.0504. The number of halogens is 5. The van der Waals surface area contributed by atoms with Gasteiger partial charge in [-0.3, -0.25) is 0 Å². The molecule has 0 nitrogen and oxygen atoms in total. The van der Waals surface area contributed by atoms with Crippen molar-refractivity contribution in [2.45, 2.75) is 25.4 Å². The Morgan fingerprint density at radius 2 is 1.79 bits per heavy atom. The second-order valence-electron chi connectivity index (χ2n) is 2.53. The van der Waals surface area contributed by atoms with Gasteiger partial charge in [-0.2, -0.15) is 33.7 Å². The van der Waals surface area contributed by atoms with Gasteiger partial charge < -0.3 is 0 Å². The molecule has 0 aromatic rings. The maximum Gasteiger partial charge on any atom is 0.457 e. The van der Waals surface area contributed by atoms with Gasteiger partial charge in [-0.05, 0) is 6.42 Å². The molecule has 0 amide bonds. The lowest BCUT2D eigenvalue weighted by molar-refractivity contribution is -0.265. The van der Waals surface area contributed by atoms with Crippen LogP contribution < -0.4 is 0 Å². The molecule has 0 aliphatic heterocycles. The van der Waals surface area contributed by atoms with Crippen LogP contribution in [0.4, 0.5) is 22.0 Å². The molecule has 0 N–H and O–H groups in total. The Balaban J connectivity index is 4.84. The number of allylic oxidation sites excluding steroid dienone is 1. The van der Waals surface area contributed by atoms with Gasteiger partial charge in [-0.25, -0.2) is 0 Å². The number of thioether (sulfide) groups is 1. The smallest absolute Gasteiger partial charge is 0.191 e. The van der Waals surface area contributed by atoms with Crippen molar-refractivity contribution in [1.29, 1.82) is 0 Å². The van der Waals surface area contributed by atoms with Gasteiger partial charge in [0.15, 0.2) is 0 Å². The minimum Gasteiger partial charge on any atom is -0.191 e. The Bertz CT molecular complexity index is 206. The van der Waals surface area contributed by atoms with Gasteiger partial charge >= 0.3 is 12.1 Å². The molecule has 0 fully saturated rings. The lowest BCUT2D eigenvalue weighted by Crippen LogP contribution is -2.38. The third-order valence-electron chi connectivity index (χ3n) is 1.59. The number of alkyl halides is 5. The quantitative estimate of drug-likeness (QED) is 0.521. The van der Waals surface area contributed by atoms with E-state index in [-0.39, 0.29) is 12.2 Å². The molecular weight excluding hydrogens is 223 g/mol. The molecule has 0 unspecified atom stereocenters. The summed E-state index contributed by atoms with van der Waals surface area (Å²) in [6.07, 6.45) is -1.68. The molecule has 6 heteroatoms. The van der Waals surface area contributed by atoms with Gasteiger partial charge in [-0.15, -0.1) is 0 Å². The van der Waals surface area contributed by atoms with E-state index in [9.17, 15) is 22.0 Å². The van der Waals surface area contributed by atoms with Crippen LogP contribution in [0.15, 0.2) is 11.6 Å². The first kappa shape index (κ1) is 13.7. The Morgan fingerprint density at radius 3 is 2.07 bits per heavy atom. The fourth-order valence-electron chi connectivity index (χ4n) is 0.836. The van der Waals surface area contributed by atoms with Crippen LogP contribution in [0.1, 0.15) is 13.3 Å². The normalized spacial score (nSPS) is 14.6. The molecule has 0 spiro atoms. The first-order valence-corrected chi connectivity index (χ1v) is 4.93. The van der Waals surface area contributed by atoms with Crippen molar-refractivity contribution in [2.75, 3.05) is 5.75 Å². The lowest BCUT2D eigenvalue weighted by atomic mass is 10.1. The molecule has 0 aliphatic carbocycles. The largest absolute Gasteiger partial charge is 0.457 e. The molecule has 0 atom stereocenters. The molecule has 0 rings (SSSR count). The second kappa shape index (κ2) is 5.00. The van der Waals surface area contributed by atoms with Crippen molar-refractivity contribution in [3.8, 4) is 0 Å². The second-order valence-corrected chi connectivity index (χ2v) is 3.27. The van der Waals surface area contributed by atoms with Crippen LogP contribution in [0.2, 0.25) is 0 Å². The molecule has 83 valence electrons. The van der Waals surface area contributed by atoms with E-state index in [2.05, 4.69) is 6.26 Å². The summed E-state index contributed by atoms with van der Waals surface area (Å²) in [7, 11) is 0. The maximum absolute atomic E-state index is 12.7. The molecule has 0 saturated heterocycles. The van der Waals surface area contributed by atoms with E-state index in [1.807, 2.05) is 0 Å². The Kier molecular flexibility index (Phi) is 4.91. The van der Waals surface area contributed by atoms with Crippen molar-refractivity contribution in [1.82, 2.24) is 0 Å². The van der Waals surface area contributed by atoms with Gasteiger partial charge in [0.05, 0.1) is 0 Å². The average molecular weight is 233 g/mol. The van der Waals surface area contributed by atoms with Crippen LogP contribution in [0.5, 0.6) is 0 Å². The summed E-state index contributed by atoms with van der Waals surface area (Å²) < 4.78 is 61.0. The van der Waals surface area contributed by atoms with Crippen molar-refractivity contribution < 1.29 is 22.0 Å². The standard InChI is InChI=1S/C8H10F5S/c1-3-6(4-5-14-2)7(9,10)8(11,12)13/h4H,2-3,5H2,1H3/b6-4+. The van der Waals surface area contributed by atoms with Crippen LogP contribution >= 0.6 is 11.8 Å². The summed E-state index contributed by atoms with van der Waals surface area (Å²) in [5, 5.41) is 0. The van der Waals surface area contributed by atoms with E-state index < -0.39 is 17.7 Å². The highest BCUT2D eigenvalue weighted by Crippen LogP contribution is 2.42. The monoisotopic (exact) mass is 233 g/mol. The van der Waals surface area contributed by atoms with Gasteiger partial charge in [0, 0.05) is 17.6 Å². The summed E-state index contributed by atoms with van der Waals surface area (Å²) in [5.41, 5.74) is -0.902. The van der Waals surface area contributed by atoms with E-state index in [0.29, 0.717) is 0 Å².